The molecule has 5 nitrogen and oxygen atoms in total. The van der Waals surface area contributed by atoms with E-state index in [2.05, 4.69) is 10.6 Å². The summed E-state index contributed by atoms with van der Waals surface area (Å²) in [5.41, 5.74) is 0.0237. The summed E-state index contributed by atoms with van der Waals surface area (Å²) in [6.07, 6.45) is 0.937. The van der Waals surface area contributed by atoms with Gasteiger partial charge in [-0.05, 0) is 24.1 Å². The minimum atomic E-state index is -0.867. The number of rotatable bonds is 3. The summed E-state index contributed by atoms with van der Waals surface area (Å²) >= 11 is 0. The van der Waals surface area contributed by atoms with Crippen LogP contribution in [0.4, 0.5) is 4.79 Å². The van der Waals surface area contributed by atoms with E-state index in [4.69, 9.17) is 0 Å². The van der Waals surface area contributed by atoms with Crippen molar-refractivity contribution in [2.24, 2.45) is 0 Å². The fourth-order valence-corrected chi connectivity index (χ4v) is 1.99. The van der Waals surface area contributed by atoms with Crippen LogP contribution < -0.4 is 10.6 Å². The molecule has 3 amide bonds. The number of hydrogen-bond donors (Lipinski definition) is 3. The fourth-order valence-electron chi connectivity index (χ4n) is 1.99. The molecule has 1 aliphatic heterocycles. The lowest BCUT2D eigenvalue weighted by atomic mass is 9.88. The molecular formula is C12H14N2O3. The predicted molar refractivity (Wildman–Crippen MR) is 61.5 cm³/mol. The zero-order chi connectivity index (χ0) is 12.5. The van der Waals surface area contributed by atoms with Crippen LogP contribution in [0.2, 0.25) is 0 Å². The average molecular weight is 234 g/mol. The van der Waals surface area contributed by atoms with Gasteiger partial charge < -0.3 is 10.4 Å². The summed E-state index contributed by atoms with van der Waals surface area (Å²) in [6.45, 7) is 1.85. The molecule has 1 atom stereocenters. The van der Waals surface area contributed by atoms with Crippen LogP contribution >= 0.6 is 0 Å². The third-order valence-corrected chi connectivity index (χ3v) is 3.06. The number of carbonyl (C=O) groups is 2. The Balaban J connectivity index is 2.23. The summed E-state index contributed by atoms with van der Waals surface area (Å²) in [6, 6.07) is 6.16. The summed E-state index contributed by atoms with van der Waals surface area (Å²) in [5.74, 6) is -0.114. The van der Waals surface area contributed by atoms with E-state index in [0.717, 1.165) is 5.56 Å². The standard InChI is InChI=1S/C12H14N2O3/c1-2-12(10(16)13-11(17)14-12)7-8-3-5-9(15)6-4-8/h3-6,15H,2,7H2,1H3,(H2,13,14,16,17). The number of imide groups is 1. The molecule has 1 aliphatic rings. The third kappa shape index (κ3) is 2.08. The van der Waals surface area contributed by atoms with E-state index in [-0.39, 0.29) is 11.7 Å². The molecule has 0 aromatic heterocycles. The minimum Gasteiger partial charge on any atom is -0.508 e. The molecule has 5 heteroatoms. The van der Waals surface area contributed by atoms with Crippen LogP contribution in [-0.2, 0) is 11.2 Å². The lowest BCUT2D eigenvalue weighted by Crippen LogP contribution is -2.48. The Morgan fingerprint density at radius 1 is 1.24 bits per heavy atom. The molecule has 90 valence electrons. The highest BCUT2D eigenvalue weighted by Crippen LogP contribution is 2.22. The van der Waals surface area contributed by atoms with Crippen molar-refractivity contribution in [1.82, 2.24) is 10.6 Å². The van der Waals surface area contributed by atoms with E-state index < -0.39 is 11.6 Å². The molecule has 0 spiro atoms. The molecule has 0 aliphatic carbocycles. The first-order chi connectivity index (χ1) is 8.05. The van der Waals surface area contributed by atoms with Crippen LogP contribution in [0.3, 0.4) is 0 Å². The number of carbonyl (C=O) groups excluding carboxylic acids is 2. The molecule has 1 heterocycles. The topological polar surface area (TPSA) is 78.4 Å². The number of hydrogen-bond acceptors (Lipinski definition) is 3. The molecule has 0 bridgehead atoms. The Kier molecular flexibility index (Phi) is 2.75. The molecule has 1 aromatic carbocycles. The number of nitrogens with one attached hydrogen (secondary N) is 2. The highest BCUT2D eigenvalue weighted by molar-refractivity contribution is 6.07. The van der Waals surface area contributed by atoms with E-state index in [0.29, 0.717) is 12.8 Å². The predicted octanol–water partition coefficient (Wildman–Crippen LogP) is 0.923. The third-order valence-electron chi connectivity index (χ3n) is 3.06. The monoisotopic (exact) mass is 234 g/mol. The van der Waals surface area contributed by atoms with Crippen LogP contribution in [0, 0.1) is 0 Å². The van der Waals surface area contributed by atoms with E-state index in [1.165, 1.54) is 0 Å². The van der Waals surface area contributed by atoms with Crippen LogP contribution in [0.15, 0.2) is 24.3 Å². The second-order valence-electron chi connectivity index (χ2n) is 4.19. The Morgan fingerprint density at radius 3 is 2.35 bits per heavy atom. The number of benzene rings is 1. The summed E-state index contributed by atoms with van der Waals surface area (Å²) in [5, 5.41) is 14.1. The first kappa shape index (κ1) is 11.4. The highest BCUT2D eigenvalue weighted by Gasteiger charge is 2.44. The molecule has 17 heavy (non-hydrogen) atoms. The maximum Gasteiger partial charge on any atom is 0.322 e. The largest absolute Gasteiger partial charge is 0.508 e. The van der Waals surface area contributed by atoms with Gasteiger partial charge in [0.15, 0.2) is 0 Å². The second-order valence-corrected chi connectivity index (χ2v) is 4.19. The zero-order valence-electron chi connectivity index (χ0n) is 9.49. The van der Waals surface area contributed by atoms with Gasteiger partial charge in [-0.3, -0.25) is 10.1 Å². The van der Waals surface area contributed by atoms with Crippen LogP contribution in [-0.4, -0.2) is 22.6 Å². The second kappa shape index (κ2) is 4.08. The zero-order valence-corrected chi connectivity index (χ0v) is 9.49. The fraction of sp³-hybridized carbons (Fsp3) is 0.333. The minimum absolute atomic E-state index is 0.180. The summed E-state index contributed by atoms with van der Waals surface area (Å²) in [7, 11) is 0. The van der Waals surface area contributed by atoms with Crippen LogP contribution in [0.25, 0.3) is 0 Å². The molecule has 3 N–H and O–H groups in total. The smallest absolute Gasteiger partial charge is 0.322 e. The van der Waals surface area contributed by atoms with Gasteiger partial charge in [-0.1, -0.05) is 19.1 Å². The van der Waals surface area contributed by atoms with Crippen LogP contribution in [0.1, 0.15) is 18.9 Å². The average Bonchev–Trinajstić information content (AvgIpc) is 2.58. The maximum atomic E-state index is 11.8. The van der Waals surface area contributed by atoms with Gasteiger partial charge in [-0.15, -0.1) is 0 Å². The Labute approximate surface area is 98.8 Å². The summed E-state index contributed by atoms with van der Waals surface area (Å²) < 4.78 is 0. The number of amides is 3. The van der Waals surface area contributed by atoms with Crippen molar-refractivity contribution in [3.8, 4) is 5.75 Å². The molecule has 0 radical (unpaired) electrons. The molecule has 1 saturated heterocycles. The van der Waals surface area contributed by atoms with Crippen molar-refractivity contribution in [2.45, 2.75) is 25.3 Å². The van der Waals surface area contributed by atoms with Crippen LogP contribution in [0.5, 0.6) is 5.75 Å². The van der Waals surface area contributed by atoms with E-state index in [9.17, 15) is 14.7 Å². The van der Waals surface area contributed by atoms with E-state index >= 15 is 0 Å². The van der Waals surface area contributed by atoms with Gasteiger partial charge in [-0.25, -0.2) is 4.79 Å². The molecule has 1 unspecified atom stereocenters. The van der Waals surface area contributed by atoms with Gasteiger partial charge in [0, 0.05) is 6.42 Å². The highest BCUT2D eigenvalue weighted by atomic mass is 16.3. The Morgan fingerprint density at radius 2 is 1.88 bits per heavy atom. The normalized spacial score (nSPS) is 23.4. The molecule has 2 rings (SSSR count). The van der Waals surface area contributed by atoms with Crippen molar-refractivity contribution in [2.75, 3.05) is 0 Å². The number of phenols is 1. The first-order valence-electron chi connectivity index (χ1n) is 5.47. The molecule has 1 fully saturated rings. The first-order valence-corrected chi connectivity index (χ1v) is 5.47. The number of phenolic OH excluding ortho intramolecular Hbond substituents is 1. The van der Waals surface area contributed by atoms with Crippen molar-refractivity contribution in [3.05, 3.63) is 29.8 Å². The SMILES string of the molecule is CCC1(Cc2ccc(O)cc2)NC(=O)NC1=O. The van der Waals surface area contributed by atoms with Crippen molar-refractivity contribution < 1.29 is 14.7 Å². The lowest BCUT2D eigenvalue weighted by molar-refractivity contribution is -0.124. The van der Waals surface area contributed by atoms with Gasteiger partial charge >= 0.3 is 6.03 Å². The molecule has 1 aromatic rings. The van der Waals surface area contributed by atoms with E-state index in [1.54, 1.807) is 24.3 Å². The summed E-state index contributed by atoms with van der Waals surface area (Å²) in [4.78, 5) is 23.0. The van der Waals surface area contributed by atoms with Crippen molar-refractivity contribution >= 4 is 11.9 Å². The van der Waals surface area contributed by atoms with Gasteiger partial charge in [0.2, 0.25) is 0 Å². The quantitative estimate of drug-likeness (QED) is 0.680. The van der Waals surface area contributed by atoms with Gasteiger partial charge in [0.05, 0.1) is 0 Å². The molecule has 0 saturated carbocycles. The number of aromatic hydroxyl groups is 1. The van der Waals surface area contributed by atoms with Gasteiger partial charge in [0.1, 0.15) is 11.3 Å². The van der Waals surface area contributed by atoms with Gasteiger partial charge in [-0.2, -0.15) is 0 Å². The van der Waals surface area contributed by atoms with Gasteiger partial charge in [0.25, 0.3) is 5.91 Å². The van der Waals surface area contributed by atoms with Crippen molar-refractivity contribution in [3.63, 3.8) is 0 Å². The number of urea groups is 1. The lowest BCUT2D eigenvalue weighted by Gasteiger charge is -2.24. The Bertz CT molecular complexity index is 455. The Hall–Kier alpha value is -2.04. The molecular weight excluding hydrogens is 220 g/mol. The van der Waals surface area contributed by atoms with E-state index in [1.807, 2.05) is 6.92 Å². The van der Waals surface area contributed by atoms with Crippen molar-refractivity contribution in [1.29, 1.82) is 0 Å². The maximum absolute atomic E-state index is 11.8.